The summed E-state index contributed by atoms with van der Waals surface area (Å²) in [6, 6.07) is 8.20. The normalized spacial score (nSPS) is 20.0. The van der Waals surface area contributed by atoms with Gasteiger partial charge in [0.05, 0.1) is 41.9 Å². The molecule has 136 valence electrons. The van der Waals surface area contributed by atoms with Crippen molar-refractivity contribution in [3.63, 3.8) is 0 Å². The molecule has 1 aliphatic rings. The summed E-state index contributed by atoms with van der Waals surface area (Å²) < 4.78 is 69.6. The van der Waals surface area contributed by atoms with Gasteiger partial charge >= 0.3 is 0 Å². The average molecular weight is 369 g/mol. The number of hydrogen-bond donors (Lipinski definition) is 0. The summed E-state index contributed by atoms with van der Waals surface area (Å²) in [5.74, 6) is -0.517. The zero-order chi connectivity index (χ0) is 23.6. The van der Waals surface area contributed by atoms with Gasteiger partial charge in [0, 0.05) is 26.2 Å². The van der Waals surface area contributed by atoms with Crippen LogP contribution in [0.2, 0.25) is 0 Å². The lowest BCUT2D eigenvalue weighted by Gasteiger charge is -2.31. The number of rotatable bonds is 2. The highest BCUT2D eigenvalue weighted by molar-refractivity contribution is 5.83. The standard InChI is InChI=1S/C20H18FN5O/c1-20(2)12-26-17(11-27-20)18(13-6-8-25-15(9-13)5-7-23-25)19(24-26)16-4-3-14(21)10-22-16/h3-10H,11-12H2,1-2H3/i1D3,2D3. The molecule has 4 aromatic rings. The van der Waals surface area contributed by atoms with E-state index in [9.17, 15) is 4.39 Å². The second-order valence-corrected chi connectivity index (χ2v) is 6.42. The summed E-state index contributed by atoms with van der Waals surface area (Å²) in [5, 5.41) is 8.73. The number of fused-ring (bicyclic) bond motifs is 2. The molecule has 0 aromatic carbocycles. The molecule has 1 aliphatic heterocycles. The molecule has 5 heterocycles. The highest BCUT2D eigenvalue weighted by Crippen LogP contribution is 2.37. The first kappa shape index (κ1) is 10.9. The van der Waals surface area contributed by atoms with E-state index in [1.54, 1.807) is 23.0 Å². The molecule has 27 heavy (non-hydrogen) atoms. The lowest BCUT2D eigenvalue weighted by Crippen LogP contribution is -2.36. The van der Waals surface area contributed by atoms with Crippen LogP contribution in [0.1, 0.15) is 27.6 Å². The number of pyridine rings is 2. The van der Waals surface area contributed by atoms with Gasteiger partial charge < -0.3 is 4.74 Å². The first-order valence-electron chi connectivity index (χ1n) is 11.3. The predicted octanol–water partition coefficient (Wildman–Crippen LogP) is 3.71. The lowest BCUT2D eigenvalue weighted by atomic mass is 10.0. The van der Waals surface area contributed by atoms with Crippen LogP contribution in [0, 0.1) is 5.82 Å². The minimum atomic E-state index is -2.92. The molecule has 0 fully saturated rings. The van der Waals surface area contributed by atoms with E-state index < -0.39 is 31.7 Å². The van der Waals surface area contributed by atoms with Gasteiger partial charge in [-0.25, -0.2) is 8.91 Å². The Morgan fingerprint density at radius 1 is 1.26 bits per heavy atom. The van der Waals surface area contributed by atoms with Crippen LogP contribution in [0.3, 0.4) is 0 Å². The highest BCUT2D eigenvalue weighted by atomic mass is 19.1. The molecule has 0 saturated heterocycles. The summed E-state index contributed by atoms with van der Waals surface area (Å²) in [7, 11) is 0. The SMILES string of the molecule is [2H]C([2H])([2H])C1(C([2H])([2H])[2H])Cn2nc(-c3ccc(F)cn3)c(-c3ccn4nccc4c3)c2CO1. The van der Waals surface area contributed by atoms with Gasteiger partial charge in [0.1, 0.15) is 11.5 Å². The van der Waals surface area contributed by atoms with E-state index in [2.05, 4.69) is 15.2 Å². The fraction of sp³-hybridized carbons (Fsp3) is 0.250. The molecule has 0 aliphatic carbocycles. The third kappa shape index (κ3) is 2.71. The van der Waals surface area contributed by atoms with Crippen LogP contribution in [-0.2, 0) is 17.9 Å². The van der Waals surface area contributed by atoms with Gasteiger partial charge in [-0.15, -0.1) is 0 Å². The number of nitrogens with zero attached hydrogens (tertiary/aromatic N) is 5. The minimum Gasteiger partial charge on any atom is -0.367 e. The summed E-state index contributed by atoms with van der Waals surface area (Å²) in [5.41, 5.74) is 0.941. The first-order chi connectivity index (χ1) is 15.5. The van der Waals surface area contributed by atoms with Crippen molar-refractivity contribution in [2.45, 2.75) is 32.5 Å². The lowest BCUT2D eigenvalue weighted by molar-refractivity contribution is -0.0657. The Morgan fingerprint density at radius 2 is 2.19 bits per heavy atom. The van der Waals surface area contributed by atoms with E-state index in [4.69, 9.17) is 13.0 Å². The van der Waals surface area contributed by atoms with E-state index in [-0.39, 0.29) is 6.61 Å². The Balaban J connectivity index is 1.73. The number of aromatic nitrogens is 5. The Hall–Kier alpha value is -3.06. The zero-order valence-corrected chi connectivity index (χ0v) is 14.1. The van der Waals surface area contributed by atoms with Crippen molar-refractivity contribution in [3.05, 3.63) is 60.4 Å². The van der Waals surface area contributed by atoms with Gasteiger partial charge in [0.15, 0.2) is 0 Å². The van der Waals surface area contributed by atoms with Gasteiger partial charge in [-0.05, 0) is 49.6 Å². The fourth-order valence-corrected chi connectivity index (χ4v) is 3.30. The average Bonchev–Trinajstić information content (AvgIpc) is 3.35. The highest BCUT2D eigenvalue weighted by Gasteiger charge is 2.31. The third-order valence-electron chi connectivity index (χ3n) is 4.54. The second kappa shape index (κ2) is 5.72. The van der Waals surface area contributed by atoms with Crippen molar-refractivity contribution in [1.29, 1.82) is 0 Å². The molecule has 6 nitrogen and oxygen atoms in total. The first-order valence-corrected chi connectivity index (χ1v) is 8.29. The summed E-state index contributed by atoms with van der Waals surface area (Å²) in [6.45, 7) is -6.64. The van der Waals surface area contributed by atoms with Crippen LogP contribution in [0.15, 0.2) is 48.9 Å². The van der Waals surface area contributed by atoms with E-state index in [1.165, 1.54) is 16.8 Å². The molecule has 0 saturated carbocycles. The van der Waals surface area contributed by atoms with E-state index in [0.717, 1.165) is 17.3 Å². The van der Waals surface area contributed by atoms with E-state index in [1.807, 2.05) is 12.1 Å². The molecule has 0 radical (unpaired) electrons. The van der Waals surface area contributed by atoms with Crippen molar-refractivity contribution >= 4 is 5.52 Å². The predicted molar refractivity (Wildman–Crippen MR) is 98.5 cm³/mol. The number of halogens is 1. The minimum absolute atomic E-state index is 0.287. The largest absolute Gasteiger partial charge is 0.367 e. The van der Waals surface area contributed by atoms with Crippen LogP contribution in [0.25, 0.3) is 28.0 Å². The molecule has 5 rings (SSSR count). The molecule has 0 unspecified atom stereocenters. The molecule has 0 bridgehead atoms. The molecular formula is C20H18FN5O. The Labute approximate surface area is 163 Å². The summed E-state index contributed by atoms with van der Waals surface area (Å²) in [4.78, 5) is 4.13. The molecular weight excluding hydrogens is 345 g/mol. The molecule has 4 aromatic heterocycles. The number of ether oxygens (including phenoxy) is 1. The Bertz CT molecular complexity index is 1330. The smallest absolute Gasteiger partial charge is 0.141 e. The maximum atomic E-state index is 13.5. The van der Waals surface area contributed by atoms with Gasteiger partial charge in [-0.2, -0.15) is 10.2 Å². The fourth-order valence-electron chi connectivity index (χ4n) is 3.30. The maximum Gasteiger partial charge on any atom is 0.141 e. The Morgan fingerprint density at radius 3 is 3.00 bits per heavy atom. The van der Waals surface area contributed by atoms with Crippen LogP contribution in [0.5, 0.6) is 0 Å². The van der Waals surface area contributed by atoms with Crippen molar-refractivity contribution in [2.75, 3.05) is 0 Å². The van der Waals surface area contributed by atoms with Crippen LogP contribution >= 0.6 is 0 Å². The van der Waals surface area contributed by atoms with Crippen molar-refractivity contribution in [3.8, 4) is 22.5 Å². The zero-order valence-electron chi connectivity index (χ0n) is 20.1. The van der Waals surface area contributed by atoms with Gasteiger partial charge in [-0.3, -0.25) is 9.67 Å². The quantitative estimate of drug-likeness (QED) is 0.540. The molecule has 7 heteroatoms. The Kier molecular flexibility index (Phi) is 2.32. The van der Waals surface area contributed by atoms with Gasteiger partial charge in [0.2, 0.25) is 0 Å². The molecule has 0 amide bonds. The van der Waals surface area contributed by atoms with Gasteiger partial charge in [0.25, 0.3) is 0 Å². The van der Waals surface area contributed by atoms with Crippen molar-refractivity contribution in [1.82, 2.24) is 24.4 Å². The summed E-state index contributed by atoms with van der Waals surface area (Å²) >= 11 is 0. The number of hydrogen-bond acceptors (Lipinski definition) is 4. The van der Waals surface area contributed by atoms with E-state index >= 15 is 0 Å². The topological polar surface area (TPSA) is 57.2 Å². The van der Waals surface area contributed by atoms with Crippen LogP contribution < -0.4 is 0 Å². The third-order valence-corrected chi connectivity index (χ3v) is 4.54. The molecule has 0 spiro atoms. The molecule has 0 atom stereocenters. The molecule has 0 N–H and O–H groups in total. The van der Waals surface area contributed by atoms with Crippen LogP contribution in [-0.4, -0.2) is 30.0 Å². The van der Waals surface area contributed by atoms with Crippen LogP contribution in [0.4, 0.5) is 4.39 Å². The van der Waals surface area contributed by atoms with Crippen molar-refractivity contribution in [2.24, 2.45) is 0 Å². The van der Waals surface area contributed by atoms with Crippen molar-refractivity contribution < 1.29 is 17.4 Å². The van der Waals surface area contributed by atoms with E-state index in [0.29, 0.717) is 22.6 Å². The maximum absolute atomic E-state index is 13.5. The monoisotopic (exact) mass is 369 g/mol. The van der Waals surface area contributed by atoms with Gasteiger partial charge in [-0.1, -0.05) is 0 Å². The summed E-state index contributed by atoms with van der Waals surface area (Å²) in [6.07, 6.45) is 4.47. The second-order valence-electron chi connectivity index (χ2n) is 6.42.